The fourth-order valence-corrected chi connectivity index (χ4v) is 5.16. The van der Waals surface area contributed by atoms with Crippen molar-refractivity contribution in [1.29, 1.82) is 0 Å². The van der Waals surface area contributed by atoms with E-state index in [-0.39, 0.29) is 16.8 Å². The highest BCUT2D eigenvalue weighted by Gasteiger charge is 2.28. The molecule has 2 atom stereocenters. The Labute approximate surface area is 156 Å². The van der Waals surface area contributed by atoms with E-state index in [1.54, 1.807) is 24.3 Å². The predicted molar refractivity (Wildman–Crippen MR) is 102 cm³/mol. The van der Waals surface area contributed by atoms with Gasteiger partial charge in [-0.25, -0.2) is 8.42 Å². The molecule has 2 aliphatic rings. The Kier molecular flexibility index (Phi) is 5.99. The van der Waals surface area contributed by atoms with Gasteiger partial charge in [0.2, 0.25) is 10.0 Å². The Hall–Kier alpha value is -1.44. The van der Waals surface area contributed by atoms with Crippen molar-refractivity contribution in [3.8, 4) is 0 Å². The molecule has 0 unspecified atom stereocenters. The summed E-state index contributed by atoms with van der Waals surface area (Å²) in [4.78, 5) is 14.9. The van der Waals surface area contributed by atoms with E-state index in [1.165, 1.54) is 10.7 Å². The van der Waals surface area contributed by atoms with Crippen LogP contribution in [0.15, 0.2) is 29.2 Å². The summed E-state index contributed by atoms with van der Waals surface area (Å²) in [6.07, 6.45) is 4.54. The third-order valence-corrected chi connectivity index (χ3v) is 7.56. The van der Waals surface area contributed by atoms with Crippen LogP contribution in [0.1, 0.15) is 43.0 Å². The van der Waals surface area contributed by atoms with Crippen molar-refractivity contribution in [3.63, 3.8) is 0 Å². The molecule has 1 aliphatic carbocycles. The van der Waals surface area contributed by atoms with Gasteiger partial charge in [-0.3, -0.25) is 4.79 Å². The quantitative estimate of drug-likeness (QED) is 0.868. The summed E-state index contributed by atoms with van der Waals surface area (Å²) in [5.74, 6) is 0.372. The number of rotatable bonds is 4. The number of likely N-dealkylation sites (N-methyl/N-ethyl adjacent to an activating group) is 1. The molecule has 144 valence electrons. The summed E-state index contributed by atoms with van der Waals surface area (Å²) in [7, 11) is -1.50. The van der Waals surface area contributed by atoms with Crippen LogP contribution in [0.4, 0.5) is 0 Å². The van der Waals surface area contributed by atoms with Crippen molar-refractivity contribution in [2.75, 3.05) is 33.2 Å². The van der Waals surface area contributed by atoms with Gasteiger partial charge in [-0.05, 0) is 50.1 Å². The fourth-order valence-electron chi connectivity index (χ4n) is 3.74. The highest BCUT2D eigenvalue weighted by molar-refractivity contribution is 7.89. The molecule has 1 aromatic rings. The molecule has 1 aliphatic heterocycles. The summed E-state index contributed by atoms with van der Waals surface area (Å²) in [6.45, 7) is 4.65. The monoisotopic (exact) mass is 379 g/mol. The van der Waals surface area contributed by atoms with Crippen LogP contribution >= 0.6 is 0 Å². The summed E-state index contributed by atoms with van der Waals surface area (Å²) in [5, 5.41) is 3.11. The minimum absolute atomic E-state index is 0.118. The molecule has 6 nitrogen and oxygen atoms in total. The maximum atomic E-state index is 12.7. The van der Waals surface area contributed by atoms with Crippen molar-refractivity contribution in [2.24, 2.45) is 5.92 Å². The van der Waals surface area contributed by atoms with Crippen molar-refractivity contribution >= 4 is 15.9 Å². The van der Waals surface area contributed by atoms with Crippen molar-refractivity contribution < 1.29 is 13.2 Å². The van der Waals surface area contributed by atoms with Gasteiger partial charge < -0.3 is 10.2 Å². The molecule has 1 aromatic carbocycles. The summed E-state index contributed by atoms with van der Waals surface area (Å²) in [5.41, 5.74) is 0.514. The first-order valence-electron chi connectivity index (χ1n) is 9.47. The highest BCUT2D eigenvalue weighted by Crippen LogP contribution is 2.24. The molecule has 1 heterocycles. The van der Waals surface area contributed by atoms with Gasteiger partial charge >= 0.3 is 0 Å². The van der Waals surface area contributed by atoms with E-state index in [0.29, 0.717) is 24.6 Å². The Bertz CT molecular complexity index is 725. The van der Waals surface area contributed by atoms with Crippen LogP contribution in [-0.4, -0.2) is 62.8 Å². The van der Waals surface area contributed by atoms with Crippen LogP contribution in [0.25, 0.3) is 0 Å². The average Bonchev–Trinajstić information content (AvgIpc) is 2.64. The minimum Gasteiger partial charge on any atom is -0.349 e. The zero-order chi connectivity index (χ0) is 18.7. The maximum absolute atomic E-state index is 12.7. The van der Waals surface area contributed by atoms with E-state index in [1.807, 2.05) is 7.05 Å². The summed E-state index contributed by atoms with van der Waals surface area (Å²) >= 11 is 0. The van der Waals surface area contributed by atoms with Crippen molar-refractivity contribution in [1.82, 2.24) is 14.5 Å². The minimum atomic E-state index is -3.49. The van der Waals surface area contributed by atoms with Crippen LogP contribution in [0.2, 0.25) is 0 Å². The number of sulfonamides is 1. The molecule has 2 fully saturated rings. The lowest BCUT2D eigenvalue weighted by Gasteiger charge is -2.31. The summed E-state index contributed by atoms with van der Waals surface area (Å²) < 4.78 is 27.0. The zero-order valence-corrected chi connectivity index (χ0v) is 16.5. The molecular formula is C19H29N3O3S. The van der Waals surface area contributed by atoms with Gasteiger partial charge in [-0.2, -0.15) is 4.31 Å². The smallest absolute Gasteiger partial charge is 0.251 e. The van der Waals surface area contributed by atoms with Gasteiger partial charge in [-0.15, -0.1) is 0 Å². The molecule has 26 heavy (non-hydrogen) atoms. The van der Waals surface area contributed by atoms with Crippen LogP contribution in [0.3, 0.4) is 0 Å². The Morgan fingerprint density at radius 2 is 1.65 bits per heavy atom. The maximum Gasteiger partial charge on any atom is 0.251 e. The van der Waals surface area contributed by atoms with E-state index < -0.39 is 10.0 Å². The molecule has 1 amide bonds. The number of hydrogen-bond acceptors (Lipinski definition) is 4. The molecule has 1 N–H and O–H groups in total. The second-order valence-electron chi connectivity index (χ2n) is 7.57. The first-order valence-corrected chi connectivity index (χ1v) is 10.9. The van der Waals surface area contributed by atoms with Crippen LogP contribution < -0.4 is 5.32 Å². The number of hydrogen-bond donors (Lipinski definition) is 1. The normalized spacial score (nSPS) is 25.8. The molecule has 0 aromatic heterocycles. The van der Waals surface area contributed by atoms with E-state index in [0.717, 1.165) is 32.4 Å². The molecule has 1 saturated carbocycles. The van der Waals surface area contributed by atoms with Gasteiger partial charge in [0, 0.05) is 37.8 Å². The second kappa shape index (κ2) is 8.06. The molecule has 0 bridgehead atoms. The third kappa shape index (κ3) is 4.27. The summed E-state index contributed by atoms with van der Waals surface area (Å²) in [6, 6.07) is 6.54. The molecule has 0 spiro atoms. The van der Waals surface area contributed by atoms with Crippen molar-refractivity contribution in [3.05, 3.63) is 29.8 Å². The number of carbonyl (C=O) groups excluding carboxylic acids is 1. The van der Waals surface area contributed by atoms with E-state index >= 15 is 0 Å². The number of piperazine rings is 1. The average molecular weight is 380 g/mol. The van der Waals surface area contributed by atoms with E-state index in [9.17, 15) is 13.2 Å². The highest BCUT2D eigenvalue weighted by atomic mass is 32.2. The Morgan fingerprint density at radius 1 is 1.04 bits per heavy atom. The van der Waals surface area contributed by atoms with E-state index in [2.05, 4.69) is 17.1 Å². The lowest BCUT2D eigenvalue weighted by Crippen LogP contribution is -2.47. The Balaban J connectivity index is 1.66. The first kappa shape index (κ1) is 19.3. The first-order chi connectivity index (χ1) is 12.4. The number of nitrogens with one attached hydrogen (secondary N) is 1. The molecule has 0 radical (unpaired) electrons. The van der Waals surface area contributed by atoms with Gasteiger partial charge in [-0.1, -0.05) is 19.8 Å². The van der Waals surface area contributed by atoms with Gasteiger partial charge in [0.05, 0.1) is 4.90 Å². The van der Waals surface area contributed by atoms with E-state index in [4.69, 9.17) is 0 Å². The lowest BCUT2D eigenvalue weighted by atomic mass is 9.86. The van der Waals surface area contributed by atoms with Crippen LogP contribution in [0.5, 0.6) is 0 Å². The number of amides is 1. The van der Waals surface area contributed by atoms with Crippen molar-refractivity contribution in [2.45, 2.75) is 43.5 Å². The Morgan fingerprint density at radius 3 is 2.27 bits per heavy atom. The number of benzene rings is 1. The third-order valence-electron chi connectivity index (χ3n) is 5.64. The topological polar surface area (TPSA) is 69.7 Å². The fraction of sp³-hybridized carbons (Fsp3) is 0.632. The van der Waals surface area contributed by atoms with Gasteiger partial charge in [0.25, 0.3) is 5.91 Å². The lowest BCUT2D eigenvalue weighted by molar-refractivity contribution is 0.0910. The number of carbonyl (C=O) groups is 1. The largest absolute Gasteiger partial charge is 0.349 e. The molecular weight excluding hydrogens is 350 g/mol. The number of nitrogens with zero attached hydrogens (tertiary/aromatic N) is 2. The molecule has 7 heteroatoms. The zero-order valence-electron chi connectivity index (χ0n) is 15.6. The van der Waals surface area contributed by atoms with Crippen LogP contribution in [0, 0.1) is 5.92 Å². The molecule has 3 rings (SSSR count). The SMILES string of the molecule is C[C@H]1CCCC[C@H]1NC(=O)c1ccc(S(=O)(=O)N2CCN(C)CC2)cc1. The second-order valence-corrected chi connectivity index (χ2v) is 9.51. The molecule has 1 saturated heterocycles. The van der Waals surface area contributed by atoms with Crippen LogP contribution in [-0.2, 0) is 10.0 Å². The van der Waals surface area contributed by atoms with Gasteiger partial charge in [0.15, 0.2) is 0 Å². The standard InChI is InChI=1S/C19H29N3O3S/c1-15-5-3-4-6-18(15)20-19(23)16-7-9-17(10-8-16)26(24,25)22-13-11-21(2)12-14-22/h7-10,15,18H,3-6,11-14H2,1-2H3,(H,20,23)/t15-,18+/m0/s1. The van der Waals surface area contributed by atoms with Gasteiger partial charge in [0.1, 0.15) is 0 Å². The predicted octanol–water partition coefficient (Wildman–Crippen LogP) is 1.93.